The Kier molecular flexibility index (Phi) is 2.74. The van der Waals surface area contributed by atoms with Crippen molar-refractivity contribution in [3.05, 3.63) is 28.3 Å². The maximum Gasteiger partial charge on any atom is 0.235 e. The number of carbonyl (C=O) groups excluding carboxylic acids is 1. The van der Waals surface area contributed by atoms with Gasteiger partial charge in [0.05, 0.1) is 0 Å². The molecular formula is C15H16ClNO2. The second kappa shape index (κ2) is 4.09. The molecule has 19 heavy (non-hydrogen) atoms. The van der Waals surface area contributed by atoms with Gasteiger partial charge in [-0.2, -0.15) is 4.99 Å². The monoisotopic (exact) mass is 277 g/mol. The van der Waals surface area contributed by atoms with E-state index in [0.717, 1.165) is 42.6 Å². The number of rotatable bonds is 2. The van der Waals surface area contributed by atoms with Crippen molar-refractivity contribution in [2.75, 3.05) is 0 Å². The number of nitrogens with zero attached hydrogens (tertiary/aromatic N) is 1. The van der Waals surface area contributed by atoms with E-state index in [-0.39, 0.29) is 5.60 Å². The molecule has 0 saturated heterocycles. The molecule has 1 aromatic rings. The third kappa shape index (κ3) is 1.98. The van der Waals surface area contributed by atoms with Crippen LogP contribution in [0.25, 0.3) is 0 Å². The largest absolute Gasteiger partial charge is 0.487 e. The summed E-state index contributed by atoms with van der Waals surface area (Å²) >= 11 is 6.21. The molecule has 1 aliphatic carbocycles. The van der Waals surface area contributed by atoms with Crippen LogP contribution in [-0.4, -0.2) is 11.7 Å². The smallest absolute Gasteiger partial charge is 0.235 e. The topological polar surface area (TPSA) is 38.7 Å². The summed E-state index contributed by atoms with van der Waals surface area (Å²) in [6.45, 7) is 4.11. The predicted molar refractivity (Wildman–Crippen MR) is 73.5 cm³/mol. The van der Waals surface area contributed by atoms with E-state index in [0.29, 0.717) is 5.02 Å². The number of aliphatic imine (C=N–C) groups is 1. The Balaban J connectivity index is 2.16. The van der Waals surface area contributed by atoms with Crippen molar-refractivity contribution in [2.24, 2.45) is 4.99 Å². The molecule has 1 aromatic carbocycles. The van der Waals surface area contributed by atoms with Gasteiger partial charge in [-0.1, -0.05) is 11.6 Å². The quantitative estimate of drug-likeness (QED) is 0.610. The highest BCUT2D eigenvalue weighted by Gasteiger charge is 2.44. The van der Waals surface area contributed by atoms with Gasteiger partial charge in [0.1, 0.15) is 16.9 Å². The number of fused-ring (bicyclic) bond motifs is 1. The third-order valence-corrected chi connectivity index (χ3v) is 4.29. The van der Waals surface area contributed by atoms with E-state index >= 15 is 0 Å². The Hall–Kier alpha value is -1.31. The van der Waals surface area contributed by atoms with Crippen molar-refractivity contribution in [3.8, 4) is 5.75 Å². The van der Waals surface area contributed by atoms with Gasteiger partial charge in [-0.25, -0.2) is 4.79 Å². The summed E-state index contributed by atoms with van der Waals surface area (Å²) in [6.07, 6.45) is 5.33. The fourth-order valence-electron chi connectivity index (χ4n) is 3.06. The molecule has 0 bridgehead atoms. The Bertz CT molecular complexity index is 584. The van der Waals surface area contributed by atoms with Crippen LogP contribution in [0.2, 0.25) is 5.02 Å². The molecule has 0 amide bonds. The van der Waals surface area contributed by atoms with Crippen LogP contribution in [0.5, 0.6) is 5.75 Å². The van der Waals surface area contributed by atoms with E-state index in [2.05, 4.69) is 18.8 Å². The average molecular weight is 278 g/mol. The lowest BCUT2D eigenvalue weighted by atomic mass is 9.71. The van der Waals surface area contributed by atoms with Gasteiger partial charge in [0.25, 0.3) is 0 Å². The summed E-state index contributed by atoms with van der Waals surface area (Å²) < 4.78 is 6.06. The molecule has 0 spiro atoms. The highest BCUT2D eigenvalue weighted by Crippen LogP contribution is 2.52. The molecule has 0 radical (unpaired) electrons. The van der Waals surface area contributed by atoms with Gasteiger partial charge in [-0.15, -0.1) is 0 Å². The molecule has 1 fully saturated rings. The van der Waals surface area contributed by atoms with Gasteiger partial charge >= 0.3 is 0 Å². The maximum absolute atomic E-state index is 10.7. The van der Waals surface area contributed by atoms with Gasteiger partial charge < -0.3 is 4.74 Å². The van der Waals surface area contributed by atoms with E-state index in [1.165, 1.54) is 0 Å². The van der Waals surface area contributed by atoms with Crippen LogP contribution in [0.1, 0.15) is 44.2 Å². The standard InChI is InChI=1S/C15H16ClNO2/c1-14(2)8-10-6-11(16)7-12(13(10)19-14)15(17-9-18)4-3-5-15/h6-7H,3-5,8H2,1-2H3. The first-order valence-electron chi connectivity index (χ1n) is 6.57. The second-order valence-electron chi connectivity index (χ2n) is 6.07. The SMILES string of the molecule is CC1(C)Cc2cc(Cl)cc(C3(N=C=O)CCC3)c2O1. The zero-order valence-electron chi connectivity index (χ0n) is 11.1. The first-order valence-corrected chi connectivity index (χ1v) is 6.95. The van der Waals surface area contributed by atoms with Crippen molar-refractivity contribution < 1.29 is 9.53 Å². The Morgan fingerprint density at radius 3 is 2.68 bits per heavy atom. The van der Waals surface area contributed by atoms with Gasteiger partial charge in [0.15, 0.2) is 0 Å². The summed E-state index contributed by atoms with van der Waals surface area (Å²) in [6, 6.07) is 3.84. The molecule has 4 heteroatoms. The lowest BCUT2D eigenvalue weighted by Gasteiger charge is -2.38. The number of isocyanates is 1. The highest BCUT2D eigenvalue weighted by atomic mass is 35.5. The van der Waals surface area contributed by atoms with Crippen molar-refractivity contribution in [1.29, 1.82) is 0 Å². The minimum Gasteiger partial charge on any atom is -0.487 e. The average Bonchev–Trinajstić information content (AvgIpc) is 2.56. The lowest BCUT2D eigenvalue weighted by Crippen LogP contribution is -2.33. The minimum atomic E-state index is -0.461. The van der Waals surface area contributed by atoms with Gasteiger partial charge in [-0.3, -0.25) is 0 Å². The van der Waals surface area contributed by atoms with E-state index in [1.54, 1.807) is 6.08 Å². The molecule has 0 N–H and O–H groups in total. The van der Waals surface area contributed by atoms with Crippen LogP contribution in [0, 0.1) is 0 Å². The normalized spacial score (nSPS) is 21.8. The fraction of sp³-hybridized carbons (Fsp3) is 0.533. The molecule has 0 atom stereocenters. The van der Waals surface area contributed by atoms with Crippen LogP contribution < -0.4 is 4.74 Å². The Morgan fingerprint density at radius 1 is 1.37 bits per heavy atom. The summed E-state index contributed by atoms with van der Waals surface area (Å²) in [4.78, 5) is 14.8. The third-order valence-electron chi connectivity index (χ3n) is 4.07. The molecule has 0 unspecified atom stereocenters. The number of hydrogen-bond acceptors (Lipinski definition) is 3. The molecule has 100 valence electrons. The van der Waals surface area contributed by atoms with Crippen molar-refractivity contribution in [1.82, 2.24) is 0 Å². The molecule has 3 nitrogen and oxygen atoms in total. The first kappa shape index (κ1) is 12.7. The molecule has 1 heterocycles. The van der Waals surface area contributed by atoms with Gasteiger partial charge in [0, 0.05) is 17.0 Å². The van der Waals surface area contributed by atoms with Gasteiger partial charge in [-0.05, 0) is 50.8 Å². The van der Waals surface area contributed by atoms with E-state index < -0.39 is 5.54 Å². The highest BCUT2D eigenvalue weighted by molar-refractivity contribution is 6.30. The van der Waals surface area contributed by atoms with Crippen LogP contribution >= 0.6 is 11.6 Å². The van der Waals surface area contributed by atoms with Crippen LogP contribution in [0.15, 0.2) is 17.1 Å². The van der Waals surface area contributed by atoms with Crippen molar-refractivity contribution in [3.63, 3.8) is 0 Å². The van der Waals surface area contributed by atoms with E-state index in [1.807, 2.05) is 12.1 Å². The van der Waals surface area contributed by atoms with Crippen LogP contribution in [0.4, 0.5) is 0 Å². The van der Waals surface area contributed by atoms with E-state index in [4.69, 9.17) is 16.3 Å². The zero-order chi connectivity index (χ0) is 13.7. The lowest BCUT2D eigenvalue weighted by molar-refractivity contribution is 0.131. The van der Waals surface area contributed by atoms with Gasteiger partial charge in [0.2, 0.25) is 6.08 Å². The Labute approximate surface area is 117 Å². The van der Waals surface area contributed by atoms with Crippen molar-refractivity contribution >= 4 is 17.7 Å². The zero-order valence-corrected chi connectivity index (χ0v) is 11.9. The minimum absolute atomic E-state index is 0.225. The number of hydrogen-bond donors (Lipinski definition) is 0. The van der Waals surface area contributed by atoms with Crippen molar-refractivity contribution in [2.45, 2.75) is 50.7 Å². The number of ether oxygens (including phenoxy) is 1. The summed E-state index contributed by atoms with van der Waals surface area (Å²) in [5, 5.41) is 0.683. The summed E-state index contributed by atoms with van der Waals surface area (Å²) in [7, 11) is 0. The molecular weight excluding hydrogens is 262 g/mol. The maximum atomic E-state index is 10.7. The number of benzene rings is 1. The van der Waals surface area contributed by atoms with Crippen LogP contribution in [-0.2, 0) is 16.8 Å². The summed E-state index contributed by atoms with van der Waals surface area (Å²) in [5.74, 6) is 0.869. The Morgan fingerprint density at radius 2 is 2.11 bits per heavy atom. The second-order valence-corrected chi connectivity index (χ2v) is 6.50. The fourth-order valence-corrected chi connectivity index (χ4v) is 3.30. The molecule has 3 rings (SSSR count). The van der Waals surface area contributed by atoms with Crippen LogP contribution in [0.3, 0.4) is 0 Å². The molecule has 1 aliphatic heterocycles. The summed E-state index contributed by atoms with van der Waals surface area (Å²) in [5.41, 5.74) is 1.38. The first-order chi connectivity index (χ1) is 8.96. The van der Waals surface area contributed by atoms with E-state index in [9.17, 15) is 4.79 Å². The molecule has 0 aromatic heterocycles. The predicted octanol–water partition coefficient (Wildman–Crippen LogP) is 3.77. The molecule has 1 saturated carbocycles. The molecule has 2 aliphatic rings. The number of halogens is 1.